The van der Waals surface area contributed by atoms with E-state index < -0.39 is 0 Å². The minimum atomic E-state index is -0.0507. The summed E-state index contributed by atoms with van der Waals surface area (Å²) in [6.45, 7) is 0.917. The first-order valence-electron chi connectivity index (χ1n) is 11.1. The molecule has 1 amide bonds. The molecule has 1 aromatic heterocycles. The molecular weight excluding hydrogens is 358 g/mol. The zero-order valence-corrected chi connectivity index (χ0v) is 16.9. The number of amides is 1. The molecule has 0 spiro atoms. The van der Waals surface area contributed by atoms with Crippen molar-refractivity contribution in [2.75, 3.05) is 0 Å². The number of carbonyl (C=O) groups excluding carboxylic acids is 1. The third kappa shape index (κ3) is 3.68. The Morgan fingerprint density at radius 3 is 2.66 bits per heavy atom. The largest absolute Gasteiger partial charge is 0.344 e. The fraction of sp³-hybridized carbons (Fsp3) is 0.440. The molecule has 2 aliphatic carbocycles. The molecule has 0 radical (unpaired) electrons. The van der Waals surface area contributed by atoms with Gasteiger partial charge in [-0.25, -0.2) is 0 Å². The lowest BCUT2D eigenvalue weighted by atomic mass is 9.87. The van der Waals surface area contributed by atoms with Gasteiger partial charge in [0.05, 0.1) is 11.6 Å². The van der Waals surface area contributed by atoms with Gasteiger partial charge >= 0.3 is 0 Å². The van der Waals surface area contributed by atoms with Crippen LogP contribution in [0.25, 0.3) is 10.9 Å². The molecule has 4 heteroatoms. The summed E-state index contributed by atoms with van der Waals surface area (Å²) in [6.07, 6.45) is 9.73. The highest BCUT2D eigenvalue weighted by Gasteiger charge is 2.25. The number of nitrogens with zero attached hydrogens (tertiary/aromatic N) is 2. The Balaban J connectivity index is 1.42. The van der Waals surface area contributed by atoms with Crippen LogP contribution in [0.3, 0.4) is 0 Å². The number of fused-ring (bicyclic) bond motifs is 2. The molecule has 5 rings (SSSR count). The highest BCUT2D eigenvalue weighted by molar-refractivity contribution is 6.05. The van der Waals surface area contributed by atoms with Crippen LogP contribution in [0.4, 0.5) is 0 Å². The van der Waals surface area contributed by atoms with Crippen LogP contribution in [0.1, 0.15) is 72.6 Å². The lowest BCUT2D eigenvalue weighted by molar-refractivity contribution is 0.0928. The molecule has 1 saturated carbocycles. The lowest BCUT2D eigenvalue weighted by Gasteiger charge is -2.26. The Bertz CT molecular complexity index is 1020. The summed E-state index contributed by atoms with van der Waals surface area (Å²) in [5.74, 6) is 0.624. The maximum atomic E-state index is 13.3. The summed E-state index contributed by atoms with van der Waals surface area (Å²) >= 11 is 0. The Morgan fingerprint density at radius 2 is 1.76 bits per heavy atom. The minimum absolute atomic E-state index is 0.0507. The van der Waals surface area contributed by atoms with E-state index in [0.717, 1.165) is 36.7 Å². The topological polar surface area (TPSA) is 46.9 Å². The predicted octanol–water partition coefficient (Wildman–Crippen LogP) is 5.42. The van der Waals surface area contributed by atoms with Crippen LogP contribution in [0.2, 0.25) is 0 Å². The molecule has 1 heterocycles. The van der Waals surface area contributed by atoms with Crippen LogP contribution in [0.15, 0.2) is 48.5 Å². The molecule has 0 aliphatic heterocycles. The second-order valence-corrected chi connectivity index (χ2v) is 8.67. The van der Waals surface area contributed by atoms with Gasteiger partial charge in [-0.2, -0.15) is 5.10 Å². The van der Waals surface area contributed by atoms with Gasteiger partial charge in [0.15, 0.2) is 5.69 Å². The van der Waals surface area contributed by atoms with Crippen LogP contribution in [-0.2, 0) is 13.0 Å². The summed E-state index contributed by atoms with van der Waals surface area (Å²) in [5, 5.41) is 9.06. The molecular formula is C25H29N3O. The average Bonchev–Trinajstić information content (AvgIpc) is 3.13. The van der Waals surface area contributed by atoms with Gasteiger partial charge in [-0.05, 0) is 55.2 Å². The number of hydrogen-bond acceptors (Lipinski definition) is 2. The maximum absolute atomic E-state index is 13.3. The second-order valence-electron chi connectivity index (χ2n) is 8.67. The van der Waals surface area contributed by atoms with E-state index in [-0.39, 0.29) is 11.9 Å². The van der Waals surface area contributed by atoms with Crippen molar-refractivity contribution in [3.8, 4) is 0 Å². The fourth-order valence-electron chi connectivity index (χ4n) is 5.18. The van der Waals surface area contributed by atoms with Gasteiger partial charge in [0.2, 0.25) is 0 Å². The number of nitrogens with one attached hydrogen (secondary N) is 1. The van der Waals surface area contributed by atoms with E-state index in [1.165, 1.54) is 43.2 Å². The molecule has 3 aromatic rings. The predicted molar refractivity (Wildman–Crippen MR) is 116 cm³/mol. The van der Waals surface area contributed by atoms with Crippen LogP contribution >= 0.6 is 0 Å². The molecule has 0 saturated heterocycles. The molecule has 1 fully saturated rings. The Labute approximate surface area is 172 Å². The van der Waals surface area contributed by atoms with Gasteiger partial charge in [0, 0.05) is 11.9 Å². The van der Waals surface area contributed by atoms with E-state index >= 15 is 0 Å². The second kappa shape index (κ2) is 8.02. The summed E-state index contributed by atoms with van der Waals surface area (Å²) in [5.41, 5.74) is 4.27. The average molecular weight is 388 g/mol. The highest BCUT2D eigenvalue weighted by atomic mass is 16.2. The van der Waals surface area contributed by atoms with Crippen molar-refractivity contribution >= 4 is 16.8 Å². The molecule has 4 nitrogen and oxygen atoms in total. The zero-order valence-electron chi connectivity index (χ0n) is 16.9. The standard InChI is InChI=1S/C25H29N3O/c29-25(26-22-15-8-12-19-11-4-5-13-20(19)22)24-21-14-6-7-16-23(21)28(27-24)17-18-9-2-1-3-10-18/h4-7,11,13-14,16,18,22H,1-3,8-10,12,15,17H2,(H,26,29)/t22-/m0/s1. The van der Waals surface area contributed by atoms with Crippen LogP contribution in [0, 0.1) is 5.92 Å². The van der Waals surface area contributed by atoms with E-state index in [1.807, 2.05) is 18.2 Å². The summed E-state index contributed by atoms with van der Waals surface area (Å²) in [4.78, 5) is 13.3. The van der Waals surface area contributed by atoms with Crippen molar-refractivity contribution in [3.05, 3.63) is 65.4 Å². The molecule has 1 N–H and O–H groups in total. The van der Waals surface area contributed by atoms with Gasteiger partial charge in [0.25, 0.3) is 5.91 Å². The molecule has 2 aliphatic rings. The molecule has 0 unspecified atom stereocenters. The molecule has 0 bridgehead atoms. The monoisotopic (exact) mass is 387 g/mol. The number of benzene rings is 2. The van der Waals surface area contributed by atoms with Crippen LogP contribution in [0.5, 0.6) is 0 Å². The molecule has 1 atom stereocenters. The van der Waals surface area contributed by atoms with Crippen molar-refractivity contribution in [3.63, 3.8) is 0 Å². The van der Waals surface area contributed by atoms with Crippen molar-refractivity contribution in [2.24, 2.45) is 5.92 Å². The fourth-order valence-corrected chi connectivity index (χ4v) is 5.18. The number of para-hydroxylation sites is 1. The van der Waals surface area contributed by atoms with Crippen molar-refractivity contribution < 1.29 is 4.79 Å². The Hall–Kier alpha value is -2.62. The van der Waals surface area contributed by atoms with E-state index in [0.29, 0.717) is 11.6 Å². The van der Waals surface area contributed by atoms with Gasteiger partial charge in [-0.1, -0.05) is 61.7 Å². The van der Waals surface area contributed by atoms with Gasteiger partial charge in [-0.15, -0.1) is 0 Å². The van der Waals surface area contributed by atoms with E-state index in [9.17, 15) is 4.79 Å². The Kier molecular flexibility index (Phi) is 5.09. The number of aryl methyl sites for hydroxylation is 1. The first kappa shape index (κ1) is 18.4. The molecule has 2 aromatic carbocycles. The molecule has 150 valence electrons. The maximum Gasteiger partial charge on any atom is 0.272 e. The quantitative estimate of drug-likeness (QED) is 0.649. The lowest BCUT2D eigenvalue weighted by Crippen LogP contribution is -2.31. The zero-order chi connectivity index (χ0) is 19.6. The number of aromatic nitrogens is 2. The van der Waals surface area contributed by atoms with Gasteiger partial charge < -0.3 is 5.32 Å². The van der Waals surface area contributed by atoms with E-state index in [1.54, 1.807) is 0 Å². The normalized spacial score (nSPS) is 19.8. The van der Waals surface area contributed by atoms with Gasteiger partial charge in [-0.3, -0.25) is 9.48 Å². The number of rotatable bonds is 4. The van der Waals surface area contributed by atoms with Crippen LogP contribution < -0.4 is 5.32 Å². The van der Waals surface area contributed by atoms with Crippen LogP contribution in [-0.4, -0.2) is 15.7 Å². The minimum Gasteiger partial charge on any atom is -0.344 e. The number of carbonyl (C=O) groups is 1. The SMILES string of the molecule is O=C(N[C@H]1CCCc2ccccc21)c1nn(CC2CCCCC2)c2ccccc12. The number of hydrogen-bond donors (Lipinski definition) is 1. The third-order valence-corrected chi connectivity index (χ3v) is 6.70. The first-order valence-corrected chi connectivity index (χ1v) is 11.1. The Morgan fingerprint density at radius 1 is 0.966 bits per heavy atom. The van der Waals surface area contributed by atoms with Crippen molar-refractivity contribution in [1.82, 2.24) is 15.1 Å². The van der Waals surface area contributed by atoms with Crippen molar-refractivity contribution in [2.45, 2.75) is 64.0 Å². The first-order chi connectivity index (χ1) is 14.3. The van der Waals surface area contributed by atoms with E-state index in [4.69, 9.17) is 5.10 Å². The van der Waals surface area contributed by atoms with Crippen molar-refractivity contribution in [1.29, 1.82) is 0 Å². The summed E-state index contributed by atoms with van der Waals surface area (Å²) in [7, 11) is 0. The smallest absolute Gasteiger partial charge is 0.272 e. The van der Waals surface area contributed by atoms with Gasteiger partial charge in [0.1, 0.15) is 0 Å². The summed E-state index contributed by atoms with van der Waals surface area (Å²) in [6, 6.07) is 16.7. The third-order valence-electron chi connectivity index (χ3n) is 6.70. The van der Waals surface area contributed by atoms with E-state index in [2.05, 4.69) is 40.3 Å². The highest BCUT2D eigenvalue weighted by Crippen LogP contribution is 2.31. The summed E-state index contributed by atoms with van der Waals surface area (Å²) < 4.78 is 2.08. The molecule has 29 heavy (non-hydrogen) atoms.